The topological polar surface area (TPSA) is 50.3 Å². The molecule has 1 aliphatic rings. The Hall–Kier alpha value is -1.03. The molecule has 1 fully saturated rings. The van der Waals surface area contributed by atoms with Gasteiger partial charge in [0.25, 0.3) is 11.9 Å². The van der Waals surface area contributed by atoms with Gasteiger partial charge in [-0.2, -0.15) is 34.3 Å². The van der Waals surface area contributed by atoms with Crippen LogP contribution in [0.2, 0.25) is 0 Å². The van der Waals surface area contributed by atoms with Crippen LogP contribution in [0.4, 0.5) is 23.2 Å². The van der Waals surface area contributed by atoms with Crippen LogP contribution in [0, 0.1) is 23.5 Å². The molecule has 10 heteroatoms. The smallest absolute Gasteiger partial charge is 0.253 e. The zero-order valence-corrected chi connectivity index (χ0v) is 11.9. The van der Waals surface area contributed by atoms with Gasteiger partial charge in [-0.1, -0.05) is 0 Å². The number of anilines is 1. The molecule has 0 amide bonds. The fourth-order valence-electron chi connectivity index (χ4n) is 1.92. The first-order valence-electron chi connectivity index (χ1n) is 5.46. The van der Waals surface area contributed by atoms with Gasteiger partial charge in [-0.3, -0.25) is 0 Å². The molecule has 0 N–H and O–H groups in total. The standard InChI is InChI=1S/C10H10F4N2O2S2/c1-20(17,18)5-4-19-3-2-16(5)8-6(11)9(13)15-10(14)7(8)12/h5H,2-4H2,1H3. The minimum atomic E-state index is -3.68. The molecule has 0 aromatic carbocycles. The third-order valence-corrected chi connectivity index (χ3v) is 5.48. The lowest BCUT2D eigenvalue weighted by molar-refractivity contribution is 0.405. The maximum Gasteiger partial charge on any atom is 0.253 e. The van der Waals surface area contributed by atoms with Crippen molar-refractivity contribution in [3.8, 4) is 0 Å². The number of hydrogen-bond donors (Lipinski definition) is 0. The molecule has 1 aromatic heterocycles. The number of thioether (sulfide) groups is 1. The molecule has 4 nitrogen and oxygen atoms in total. The molecule has 1 aromatic rings. The molecule has 1 saturated heterocycles. The molecular formula is C10H10F4N2O2S2. The fraction of sp³-hybridized carbons (Fsp3) is 0.500. The van der Waals surface area contributed by atoms with E-state index in [0.29, 0.717) is 5.75 Å². The molecule has 0 bridgehead atoms. The average Bonchev–Trinajstić information content (AvgIpc) is 2.36. The van der Waals surface area contributed by atoms with Crippen molar-refractivity contribution in [3.63, 3.8) is 0 Å². The summed E-state index contributed by atoms with van der Waals surface area (Å²) in [5.74, 6) is -6.54. The molecule has 20 heavy (non-hydrogen) atoms. The van der Waals surface area contributed by atoms with E-state index in [4.69, 9.17) is 0 Å². The summed E-state index contributed by atoms with van der Waals surface area (Å²) in [5, 5.41) is -1.24. The van der Waals surface area contributed by atoms with Gasteiger partial charge < -0.3 is 4.90 Å². The van der Waals surface area contributed by atoms with E-state index in [0.717, 1.165) is 11.2 Å². The predicted molar refractivity (Wildman–Crippen MR) is 67.4 cm³/mol. The van der Waals surface area contributed by atoms with E-state index in [1.807, 2.05) is 0 Å². The van der Waals surface area contributed by atoms with Crippen molar-refractivity contribution in [2.45, 2.75) is 5.37 Å². The highest BCUT2D eigenvalue weighted by molar-refractivity contribution is 8.01. The number of aromatic nitrogens is 1. The number of hydrogen-bond acceptors (Lipinski definition) is 5. The van der Waals surface area contributed by atoms with Crippen LogP contribution in [0.3, 0.4) is 0 Å². The predicted octanol–water partition coefficient (Wildman–Crippen LogP) is 1.56. The minimum Gasteiger partial charge on any atom is -0.348 e. The second kappa shape index (κ2) is 5.40. The van der Waals surface area contributed by atoms with E-state index >= 15 is 0 Å². The van der Waals surface area contributed by atoms with E-state index in [2.05, 4.69) is 4.98 Å². The summed E-state index contributed by atoms with van der Waals surface area (Å²) in [6, 6.07) is 0. The van der Waals surface area contributed by atoms with E-state index in [1.54, 1.807) is 0 Å². The van der Waals surface area contributed by atoms with Crippen LogP contribution in [0.15, 0.2) is 0 Å². The first-order chi connectivity index (χ1) is 9.23. The Kier molecular flexibility index (Phi) is 4.14. The Morgan fingerprint density at radius 1 is 1.20 bits per heavy atom. The normalized spacial score (nSPS) is 20.2. The summed E-state index contributed by atoms with van der Waals surface area (Å²) in [6.45, 7) is -0.0425. The van der Waals surface area contributed by atoms with Crippen LogP contribution >= 0.6 is 11.8 Å². The Labute approximate surface area is 117 Å². The number of sulfone groups is 1. The SMILES string of the molecule is CS(=O)(=O)C1CSCCN1c1c(F)c(F)nc(F)c1F. The molecule has 0 aliphatic carbocycles. The summed E-state index contributed by atoms with van der Waals surface area (Å²) in [5.41, 5.74) is -1.02. The van der Waals surface area contributed by atoms with E-state index in [1.165, 1.54) is 11.8 Å². The lowest BCUT2D eigenvalue weighted by Crippen LogP contribution is -2.48. The molecule has 0 spiro atoms. The van der Waals surface area contributed by atoms with Gasteiger partial charge in [-0.25, -0.2) is 8.42 Å². The summed E-state index contributed by atoms with van der Waals surface area (Å²) < 4.78 is 77.0. The van der Waals surface area contributed by atoms with Crippen molar-refractivity contribution in [1.29, 1.82) is 0 Å². The molecule has 1 unspecified atom stereocenters. The van der Waals surface area contributed by atoms with Gasteiger partial charge in [0.1, 0.15) is 11.1 Å². The van der Waals surface area contributed by atoms with Crippen LogP contribution in [0.25, 0.3) is 0 Å². The Balaban J connectivity index is 2.59. The third kappa shape index (κ3) is 2.71. The lowest BCUT2D eigenvalue weighted by atomic mass is 10.3. The van der Waals surface area contributed by atoms with Crippen molar-refractivity contribution >= 4 is 27.3 Å². The maximum absolute atomic E-state index is 13.7. The number of rotatable bonds is 2. The van der Waals surface area contributed by atoms with Crippen LogP contribution in [-0.4, -0.2) is 43.1 Å². The van der Waals surface area contributed by atoms with Crippen molar-refractivity contribution in [2.24, 2.45) is 0 Å². The number of halogens is 4. The highest BCUT2D eigenvalue weighted by Gasteiger charge is 2.36. The van der Waals surface area contributed by atoms with Gasteiger partial charge >= 0.3 is 0 Å². The molecule has 0 radical (unpaired) electrons. The number of pyridine rings is 1. The van der Waals surface area contributed by atoms with Crippen molar-refractivity contribution in [3.05, 3.63) is 23.5 Å². The maximum atomic E-state index is 13.7. The Morgan fingerprint density at radius 3 is 2.25 bits per heavy atom. The molecule has 2 heterocycles. The molecule has 0 saturated carbocycles. The van der Waals surface area contributed by atoms with Crippen LogP contribution in [0.5, 0.6) is 0 Å². The van der Waals surface area contributed by atoms with Gasteiger partial charge in [0, 0.05) is 24.3 Å². The average molecular weight is 330 g/mol. The largest absolute Gasteiger partial charge is 0.348 e. The van der Waals surface area contributed by atoms with E-state index in [9.17, 15) is 26.0 Å². The first kappa shape index (κ1) is 15.4. The van der Waals surface area contributed by atoms with Crippen LogP contribution < -0.4 is 4.90 Å². The Bertz CT molecular complexity index is 612. The van der Waals surface area contributed by atoms with Crippen LogP contribution in [0.1, 0.15) is 0 Å². The van der Waals surface area contributed by atoms with Crippen molar-refractivity contribution < 1.29 is 26.0 Å². The van der Waals surface area contributed by atoms with Crippen LogP contribution in [-0.2, 0) is 9.84 Å². The lowest BCUT2D eigenvalue weighted by Gasteiger charge is -2.35. The zero-order valence-electron chi connectivity index (χ0n) is 10.2. The second-order valence-electron chi connectivity index (χ2n) is 4.22. The minimum absolute atomic E-state index is 0.0425. The van der Waals surface area contributed by atoms with Gasteiger partial charge in [0.2, 0.25) is 11.6 Å². The van der Waals surface area contributed by atoms with E-state index < -0.39 is 44.4 Å². The zero-order chi connectivity index (χ0) is 15.1. The van der Waals surface area contributed by atoms with E-state index in [-0.39, 0.29) is 12.3 Å². The summed E-state index contributed by atoms with van der Waals surface area (Å²) in [7, 11) is -3.68. The number of nitrogens with zero attached hydrogens (tertiary/aromatic N) is 2. The quantitative estimate of drug-likeness (QED) is 0.608. The van der Waals surface area contributed by atoms with Gasteiger partial charge in [0.05, 0.1) is 0 Å². The highest BCUT2D eigenvalue weighted by atomic mass is 32.2. The molecule has 2 rings (SSSR count). The highest BCUT2D eigenvalue weighted by Crippen LogP contribution is 2.32. The summed E-state index contributed by atoms with van der Waals surface area (Å²) >= 11 is 1.28. The van der Waals surface area contributed by atoms with Gasteiger partial charge in [-0.05, 0) is 0 Å². The summed E-state index contributed by atoms with van der Waals surface area (Å²) in [4.78, 5) is 3.29. The fourth-order valence-corrected chi connectivity index (χ4v) is 4.74. The van der Waals surface area contributed by atoms with Gasteiger partial charge in [0.15, 0.2) is 9.84 Å². The second-order valence-corrected chi connectivity index (χ2v) is 7.58. The van der Waals surface area contributed by atoms with Gasteiger partial charge in [-0.15, -0.1) is 0 Å². The van der Waals surface area contributed by atoms with Crippen molar-refractivity contribution in [2.75, 3.05) is 29.2 Å². The molecular weight excluding hydrogens is 320 g/mol. The third-order valence-electron chi connectivity index (χ3n) is 2.84. The molecule has 112 valence electrons. The molecule has 1 aliphatic heterocycles. The van der Waals surface area contributed by atoms with Crippen molar-refractivity contribution in [1.82, 2.24) is 4.98 Å². The summed E-state index contributed by atoms with van der Waals surface area (Å²) in [6.07, 6.45) is 0.903. The monoisotopic (exact) mass is 330 g/mol. The Morgan fingerprint density at radius 2 is 1.75 bits per heavy atom. The first-order valence-corrected chi connectivity index (χ1v) is 8.57. The molecule has 1 atom stereocenters.